The van der Waals surface area contributed by atoms with Gasteiger partial charge in [0.05, 0.1) is 6.10 Å². The fraction of sp³-hybridized carbons (Fsp3) is 0.423. The lowest BCUT2D eigenvalue weighted by Gasteiger charge is -2.28. The summed E-state index contributed by atoms with van der Waals surface area (Å²) in [7, 11) is 0. The van der Waals surface area contributed by atoms with Crippen molar-refractivity contribution in [1.82, 2.24) is 10.6 Å². The maximum atomic E-state index is 12.8. The molecule has 1 saturated carbocycles. The van der Waals surface area contributed by atoms with Gasteiger partial charge in [-0.3, -0.25) is 9.59 Å². The van der Waals surface area contributed by atoms with Crippen LogP contribution >= 0.6 is 0 Å². The molecule has 2 aliphatic rings. The zero-order chi connectivity index (χ0) is 24.1. The topological polar surface area (TPSA) is 125 Å². The molecule has 2 aliphatic carbocycles. The third-order valence-electron chi connectivity index (χ3n) is 6.59. The van der Waals surface area contributed by atoms with Crippen molar-refractivity contribution in [2.24, 2.45) is 0 Å². The molecule has 0 radical (unpaired) electrons. The highest BCUT2D eigenvalue weighted by Gasteiger charge is 2.31. The lowest BCUT2D eigenvalue weighted by Crippen LogP contribution is -2.51. The number of aliphatic carboxylic acids is 1. The molecule has 0 heterocycles. The number of fused-ring (bicyclic) bond motifs is 3. The first-order valence-corrected chi connectivity index (χ1v) is 11.7. The van der Waals surface area contributed by atoms with Crippen molar-refractivity contribution in [3.8, 4) is 11.1 Å². The minimum atomic E-state index is -1.06. The van der Waals surface area contributed by atoms with Gasteiger partial charge in [0, 0.05) is 18.4 Å². The Balaban J connectivity index is 1.39. The summed E-state index contributed by atoms with van der Waals surface area (Å²) in [4.78, 5) is 36.5. The van der Waals surface area contributed by atoms with E-state index in [0.29, 0.717) is 12.8 Å². The van der Waals surface area contributed by atoms with Gasteiger partial charge in [0.1, 0.15) is 12.6 Å². The van der Waals surface area contributed by atoms with Crippen LogP contribution in [0.25, 0.3) is 11.1 Å². The number of ether oxygens (including phenoxy) is 1. The number of aliphatic hydroxyl groups is 1. The van der Waals surface area contributed by atoms with E-state index in [-0.39, 0.29) is 31.4 Å². The van der Waals surface area contributed by atoms with Crippen LogP contribution in [0.3, 0.4) is 0 Å². The Labute approximate surface area is 198 Å². The van der Waals surface area contributed by atoms with Gasteiger partial charge >= 0.3 is 12.1 Å². The molecule has 0 saturated heterocycles. The smallest absolute Gasteiger partial charge is 0.407 e. The summed E-state index contributed by atoms with van der Waals surface area (Å²) in [6, 6.07) is 14.7. The number of benzene rings is 2. The van der Waals surface area contributed by atoms with Crippen molar-refractivity contribution in [2.45, 2.75) is 62.6 Å². The van der Waals surface area contributed by atoms with Gasteiger partial charge in [-0.2, -0.15) is 0 Å². The van der Waals surface area contributed by atoms with Crippen molar-refractivity contribution in [2.75, 3.05) is 6.61 Å². The van der Waals surface area contributed by atoms with Crippen molar-refractivity contribution < 1.29 is 29.3 Å². The molecular weight excluding hydrogens is 436 g/mol. The number of hydrogen-bond donors (Lipinski definition) is 4. The van der Waals surface area contributed by atoms with E-state index in [1.807, 2.05) is 48.5 Å². The molecule has 0 spiro atoms. The predicted molar refractivity (Wildman–Crippen MR) is 125 cm³/mol. The maximum absolute atomic E-state index is 12.8. The van der Waals surface area contributed by atoms with E-state index < -0.39 is 30.1 Å². The number of alkyl carbamates (subject to hydrolysis) is 1. The average molecular weight is 467 g/mol. The van der Waals surface area contributed by atoms with Gasteiger partial charge in [-0.25, -0.2) is 4.79 Å². The van der Waals surface area contributed by atoms with Crippen LogP contribution in [0, 0.1) is 0 Å². The minimum Gasteiger partial charge on any atom is -0.481 e. The van der Waals surface area contributed by atoms with Crippen molar-refractivity contribution in [3.05, 3.63) is 59.7 Å². The molecule has 0 aliphatic heterocycles. The van der Waals surface area contributed by atoms with Crippen molar-refractivity contribution in [3.63, 3.8) is 0 Å². The maximum Gasteiger partial charge on any atom is 0.407 e. The third kappa shape index (κ3) is 5.56. The standard InChI is InChI=1S/C26H30N2O6/c29-17-7-5-6-16(14-17)27-25(32)23(12-13-24(30)31)28-26(33)34-15-22-20-10-3-1-8-18(20)19-9-2-4-11-21(19)22/h1-4,8-11,16-17,22-23,29H,5-7,12-15H2,(H,27,32)(H,28,33)(H,30,31). The summed E-state index contributed by atoms with van der Waals surface area (Å²) in [5.74, 6) is -1.64. The zero-order valence-corrected chi connectivity index (χ0v) is 18.9. The van der Waals surface area contributed by atoms with E-state index in [9.17, 15) is 19.5 Å². The molecule has 2 amide bonds. The number of hydrogen-bond acceptors (Lipinski definition) is 5. The highest BCUT2D eigenvalue weighted by Crippen LogP contribution is 2.44. The lowest BCUT2D eigenvalue weighted by molar-refractivity contribution is -0.137. The second-order valence-corrected chi connectivity index (χ2v) is 8.98. The Bertz CT molecular complexity index is 1010. The second kappa shape index (κ2) is 10.7. The van der Waals surface area contributed by atoms with Crippen LogP contribution in [0.2, 0.25) is 0 Å². The number of carbonyl (C=O) groups excluding carboxylic acids is 2. The molecule has 4 N–H and O–H groups in total. The summed E-state index contributed by atoms with van der Waals surface area (Å²) in [5, 5.41) is 24.3. The molecule has 1 fully saturated rings. The highest BCUT2D eigenvalue weighted by molar-refractivity contribution is 5.86. The van der Waals surface area contributed by atoms with Gasteiger partial charge < -0.3 is 25.6 Å². The molecule has 0 bridgehead atoms. The fourth-order valence-corrected chi connectivity index (χ4v) is 4.92. The van der Waals surface area contributed by atoms with E-state index in [0.717, 1.165) is 35.1 Å². The molecule has 180 valence electrons. The summed E-state index contributed by atoms with van der Waals surface area (Å²) < 4.78 is 5.52. The van der Waals surface area contributed by atoms with Crippen LogP contribution in [0.4, 0.5) is 4.79 Å². The van der Waals surface area contributed by atoms with Gasteiger partial charge in [0.15, 0.2) is 0 Å². The summed E-state index contributed by atoms with van der Waals surface area (Å²) in [6.07, 6.45) is 1.12. The van der Waals surface area contributed by atoms with Gasteiger partial charge in [0.25, 0.3) is 0 Å². The second-order valence-electron chi connectivity index (χ2n) is 8.98. The lowest BCUT2D eigenvalue weighted by atomic mass is 9.92. The van der Waals surface area contributed by atoms with Crippen LogP contribution < -0.4 is 10.6 Å². The Hall–Kier alpha value is -3.39. The first-order valence-electron chi connectivity index (χ1n) is 11.7. The van der Waals surface area contributed by atoms with Crippen molar-refractivity contribution in [1.29, 1.82) is 0 Å². The van der Waals surface area contributed by atoms with E-state index in [2.05, 4.69) is 10.6 Å². The van der Waals surface area contributed by atoms with Crippen LogP contribution in [0.15, 0.2) is 48.5 Å². The number of carboxylic acids is 1. The Morgan fingerprint density at radius 1 is 1.00 bits per heavy atom. The molecular formula is C26H30N2O6. The molecule has 3 unspecified atom stereocenters. The van der Waals surface area contributed by atoms with Crippen LogP contribution in [0.5, 0.6) is 0 Å². The molecule has 0 aromatic heterocycles. The Morgan fingerprint density at radius 2 is 1.65 bits per heavy atom. The number of amides is 2. The number of carboxylic acid groups (broad SMARTS) is 1. The normalized spacial score (nSPS) is 20.0. The summed E-state index contributed by atoms with van der Waals surface area (Å²) >= 11 is 0. The van der Waals surface area contributed by atoms with E-state index >= 15 is 0 Å². The first-order chi connectivity index (χ1) is 16.4. The highest BCUT2D eigenvalue weighted by atomic mass is 16.5. The average Bonchev–Trinajstić information content (AvgIpc) is 3.14. The third-order valence-corrected chi connectivity index (χ3v) is 6.59. The van der Waals surface area contributed by atoms with E-state index in [1.165, 1.54) is 0 Å². The Morgan fingerprint density at radius 3 is 2.26 bits per heavy atom. The largest absolute Gasteiger partial charge is 0.481 e. The molecule has 2 aromatic carbocycles. The van der Waals surface area contributed by atoms with E-state index in [4.69, 9.17) is 9.84 Å². The Kier molecular flexibility index (Phi) is 7.47. The molecule has 2 aromatic rings. The van der Waals surface area contributed by atoms with Crippen molar-refractivity contribution >= 4 is 18.0 Å². The molecule has 8 nitrogen and oxygen atoms in total. The SMILES string of the molecule is O=C(O)CCC(NC(=O)OCC1c2ccccc2-c2ccccc21)C(=O)NC1CCCC(O)C1. The van der Waals surface area contributed by atoms with Gasteiger partial charge in [0.2, 0.25) is 5.91 Å². The van der Waals surface area contributed by atoms with Crippen LogP contribution in [-0.4, -0.2) is 53.0 Å². The fourth-order valence-electron chi connectivity index (χ4n) is 4.92. The number of rotatable bonds is 8. The van der Waals surface area contributed by atoms with E-state index in [1.54, 1.807) is 0 Å². The molecule has 34 heavy (non-hydrogen) atoms. The van der Waals surface area contributed by atoms with Gasteiger partial charge in [-0.15, -0.1) is 0 Å². The van der Waals surface area contributed by atoms with Crippen LogP contribution in [-0.2, 0) is 14.3 Å². The minimum absolute atomic E-state index is 0.0549. The predicted octanol–water partition coefficient (Wildman–Crippen LogP) is 3.18. The molecule has 8 heteroatoms. The van der Waals surface area contributed by atoms with Gasteiger partial charge in [-0.1, -0.05) is 48.5 Å². The van der Waals surface area contributed by atoms with Crippen LogP contribution in [0.1, 0.15) is 55.6 Å². The summed E-state index contributed by atoms with van der Waals surface area (Å²) in [6.45, 7) is 0.0992. The van der Waals surface area contributed by atoms with Gasteiger partial charge in [-0.05, 0) is 54.4 Å². The zero-order valence-electron chi connectivity index (χ0n) is 18.9. The molecule has 3 atom stereocenters. The monoisotopic (exact) mass is 466 g/mol. The number of nitrogens with one attached hydrogen (secondary N) is 2. The quantitative estimate of drug-likeness (QED) is 0.474. The number of carbonyl (C=O) groups is 3. The number of aliphatic hydroxyl groups excluding tert-OH is 1. The summed E-state index contributed by atoms with van der Waals surface area (Å²) in [5.41, 5.74) is 4.38. The molecule has 4 rings (SSSR count). The first kappa shape index (κ1) is 23.8.